The Hall–Kier alpha value is -0.820. The van der Waals surface area contributed by atoms with Gasteiger partial charge in [0.1, 0.15) is 0 Å². The SMILES string of the molecule is CCC(O)CCCC1CCCc2ccccc21. The van der Waals surface area contributed by atoms with Crippen molar-refractivity contribution in [2.75, 3.05) is 0 Å². The summed E-state index contributed by atoms with van der Waals surface area (Å²) in [6, 6.07) is 8.90. The van der Waals surface area contributed by atoms with Crippen molar-refractivity contribution in [3.8, 4) is 0 Å². The molecule has 2 rings (SSSR count). The molecule has 0 aliphatic heterocycles. The zero-order valence-corrected chi connectivity index (χ0v) is 10.9. The quantitative estimate of drug-likeness (QED) is 0.812. The van der Waals surface area contributed by atoms with Gasteiger partial charge in [0.05, 0.1) is 6.10 Å². The number of benzene rings is 1. The van der Waals surface area contributed by atoms with Gasteiger partial charge in [-0.1, -0.05) is 37.6 Å². The van der Waals surface area contributed by atoms with Crippen LogP contribution in [0.25, 0.3) is 0 Å². The van der Waals surface area contributed by atoms with Crippen molar-refractivity contribution in [3.63, 3.8) is 0 Å². The standard InChI is InChI=1S/C16H24O/c1-2-15(17)11-6-10-14-9-5-8-13-7-3-4-12-16(13)14/h3-4,7,12,14-15,17H,2,5-6,8-11H2,1H3. The molecule has 2 atom stereocenters. The molecule has 1 nitrogen and oxygen atoms in total. The van der Waals surface area contributed by atoms with Crippen molar-refractivity contribution in [1.29, 1.82) is 0 Å². The molecular weight excluding hydrogens is 208 g/mol. The van der Waals surface area contributed by atoms with E-state index in [1.807, 2.05) is 0 Å². The summed E-state index contributed by atoms with van der Waals surface area (Å²) in [6.45, 7) is 2.06. The van der Waals surface area contributed by atoms with E-state index in [1.165, 1.54) is 25.7 Å². The molecule has 17 heavy (non-hydrogen) atoms. The van der Waals surface area contributed by atoms with Crippen LogP contribution in [0.15, 0.2) is 24.3 Å². The van der Waals surface area contributed by atoms with E-state index in [-0.39, 0.29) is 6.10 Å². The lowest BCUT2D eigenvalue weighted by Gasteiger charge is -2.25. The molecule has 0 spiro atoms. The summed E-state index contributed by atoms with van der Waals surface area (Å²) in [5.74, 6) is 0.740. The third kappa shape index (κ3) is 3.32. The topological polar surface area (TPSA) is 20.2 Å². The molecule has 0 saturated heterocycles. The average Bonchev–Trinajstić information content (AvgIpc) is 2.39. The van der Waals surface area contributed by atoms with E-state index in [2.05, 4.69) is 31.2 Å². The normalized spacial score (nSPS) is 20.9. The molecule has 1 heteroatoms. The number of rotatable bonds is 5. The first-order chi connectivity index (χ1) is 8.31. The Morgan fingerprint density at radius 2 is 2.18 bits per heavy atom. The minimum Gasteiger partial charge on any atom is -0.393 e. The van der Waals surface area contributed by atoms with Crippen molar-refractivity contribution in [2.24, 2.45) is 0 Å². The van der Waals surface area contributed by atoms with Crippen LogP contribution in [-0.4, -0.2) is 11.2 Å². The third-order valence-corrected chi connectivity index (χ3v) is 4.05. The number of aryl methyl sites for hydroxylation is 1. The molecule has 1 aliphatic carbocycles. The summed E-state index contributed by atoms with van der Waals surface area (Å²) in [4.78, 5) is 0. The molecule has 0 aromatic heterocycles. The predicted molar refractivity (Wildman–Crippen MR) is 72.3 cm³/mol. The van der Waals surface area contributed by atoms with Crippen LogP contribution < -0.4 is 0 Å². The second-order valence-corrected chi connectivity index (χ2v) is 5.28. The molecule has 0 heterocycles. The highest BCUT2D eigenvalue weighted by molar-refractivity contribution is 5.32. The van der Waals surface area contributed by atoms with E-state index in [1.54, 1.807) is 11.1 Å². The van der Waals surface area contributed by atoms with Crippen LogP contribution >= 0.6 is 0 Å². The Kier molecular flexibility index (Phi) is 4.61. The highest BCUT2D eigenvalue weighted by Crippen LogP contribution is 2.34. The maximum atomic E-state index is 9.58. The molecule has 1 aliphatic rings. The minimum atomic E-state index is -0.0890. The van der Waals surface area contributed by atoms with Gasteiger partial charge in [0.2, 0.25) is 0 Å². The van der Waals surface area contributed by atoms with Gasteiger partial charge in [-0.2, -0.15) is 0 Å². The molecular formula is C16H24O. The summed E-state index contributed by atoms with van der Waals surface area (Å²) in [7, 11) is 0. The lowest BCUT2D eigenvalue weighted by atomic mass is 9.80. The van der Waals surface area contributed by atoms with E-state index in [9.17, 15) is 5.11 Å². The molecule has 1 aromatic carbocycles. The smallest absolute Gasteiger partial charge is 0.0537 e. The highest BCUT2D eigenvalue weighted by Gasteiger charge is 2.19. The second-order valence-electron chi connectivity index (χ2n) is 5.28. The van der Waals surface area contributed by atoms with E-state index < -0.39 is 0 Å². The van der Waals surface area contributed by atoms with Crippen LogP contribution in [0.5, 0.6) is 0 Å². The number of aliphatic hydroxyl groups excluding tert-OH is 1. The van der Waals surface area contributed by atoms with Gasteiger partial charge in [-0.3, -0.25) is 0 Å². The summed E-state index contributed by atoms with van der Waals surface area (Å²) >= 11 is 0. The molecule has 2 unspecified atom stereocenters. The Morgan fingerprint density at radius 1 is 1.35 bits per heavy atom. The van der Waals surface area contributed by atoms with Crippen molar-refractivity contribution < 1.29 is 5.11 Å². The maximum Gasteiger partial charge on any atom is 0.0537 e. The van der Waals surface area contributed by atoms with Crippen LogP contribution in [0.3, 0.4) is 0 Å². The zero-order chi connectivity index (χ0) is 12.1. The number of hydrogen-bond acceptors (Lipinski definition) is 1. The Labute approximate surface area is 105 Å². The number of aliphatic hydroxyl groups is 1. The van der Waals surface area contributed by atoms with Crippen molar-refractivity contribution >= 4 is 0 Å². The molecule has 1 aromatic rings. The predicted octanol–water partition coefficient (Wildman–Crippen LogP) is 4.05. The molecule has 1 N–H and O–H groups in total. The van der Waals surface area contributed by atoms with Gasteiger partial charge in [0, 0.05) is 0 Å². The Balaban J connectivity index is 1.90. The largest absolute Gasteiger partial charge is 0.393 e. The molecule has 0 fully saturated rings. The number of fused-ring (bicyclic) bond motifs is 1. The molecule has 0 bridgehead atoms. The fourth-order valence-corrected chi connectivity index (χ4v) is 2.96. The van der Waals surface area contributed by atoms with Gasteiger partial charge in [0.25, 0.3) is 0 Å². The van der Waals surface area contributed by atoms with Crippen LogP contribution in [-0.2, 0) is 6.42 Å². The second kappa shape index (κ2) is 6.20. The molecule has 0 radical (unpaired) electrons. The zero-order valence-electron chi connectivity index (χ0n) is 10.9. The van der Waals surface area contributed by atoms with Gasteiger partial charge in [0.15, 0.2) is 0 Å². The van der Waals surface area contributed by atoms with Crippen molar-refractivity contribution in [3.05, 3.63) is 35.4 Å². The summed E-state index contributed by atoms with van der Waals surface area (Å²) < 4.78 is 0. The highest BCUT2D eigenvalue weighted by atomic mass is 16.3. The Morgan fingerprint density at radius 3 is 3.00 bits per heavy atom. The first-order valence-electron chi connectivity index (χ1n) is 7.07. The summed E-state index contributed by atoms with van der Waals surface area (Å²) in [5, 5.41) is 9.58. The monoisotopic (exact) mass is 232 g/mol. The van der Waals surface area contributed by atoms with Crippen molar-refractivity contribution in [1.82, 2.24) is 0 Å². The average molecular weight is 232 g/mol. The van der Waals surface area contributed by atoms with E-state index in [0.29, 0.717) is 0 Å². The van der Waals surface area contributed by atoms with Gasteiger partial charge in [-0.25, -0.2) is 0 Å². The summed E-state index contributed by atoms with van der Waals surface area (Å²) in [5.41, 5.74) is 3.13. The fourth-order valence-electron chi connectivity index (χ4n) is 2.96. The van der Waals surface area contributed by atoms with Crippen LogP contribution in [0, 0.1) is 0 Å². The molecule has 94 valence electrons. The lowest BCUT2D eigenvalue weighted by Crippen LogP contribution is -2.11. The van der Waals surface area contributed by atoms with Gasteiger partial charge < -0.3 is 5.11 Å². The Bertz CT molecular complexity index is 345. The molecule has 0 amide bonds. The maximum absolute atomic E-state index is 9.58. The van der Waals surface area contributed by atoms with E-state index in [4.69, 9.17) is 0 Å². The first kappa shape index (κ1) is 12.6. The van der Waals surface area contributed by atoms with Crippen LogP contribution in [0.2, 0.25) is 0 Å². The van der Waals surface area contributed by atoms with Gasteiger partial charge in [-0.05, 0) is 55.6 Å². The third-order valence-electron chi connectivity index (χ3n) is 4.05. The first-order valence-corrected chi connectivity index (χ1v) is 7.07. The summed E-state index contributed by atoms with van der Waals surface area (Å²) in [6.07, 6.45) is 8.09. The fraction of sp³-hybridized carbons (Fsp3) is 0.625. The molecule has 0 saturated carbocycles. The van der Waals surface area contributed by atoms with E-state index >= 15 is 0 Å². The lowest BCUT2D eigenvalue weighted by molar-refractivity contribution is 0.155. The van der Waals surface area contributed by atoms with E-state index in [0.717, 1.165) is 25.2 Å². The minimum absolute atomic E-state index is 0.0890. The van der Waals surface area contributed by atoms with Crippen LogP contribution in [0.1, 0.15) is 62.5 Å². The van der Waals surface area contributed by atoms with Crippen LogP contribution in [0.4, 0.5) is 0 Å². The van der Waals surface area contributed by atoms with Crippen molar-refractivity contribution in [2.45, 2.75) is 63.9 Å². The van der Waals surface area contributed by atoms with Gasteiger partial charge >= 0.3 is 0 Å². The van der Waals surface area contributed by atoms with Gasteiger partial charge in [-0.15, -0.1) is 0 Å². The number of hydrogen-bond donors (Lipinski definition) is 1.